The largest absolute Gasteiger partial charge is 0.481 e. The summed E-state index contributed by atoms with van der Waals surface area (Å²) in [6, 6.07) is 3.68. The van der Waals surface area contributed by atoms with E-state index in [1.165, 1.54) is 6.42 Å². The van der Waals surface area contributed by atoms with E-state index >= 15 is 0 Å². The van der Waals surface area contributed by atoms with Gasteiger partial charge >= 0.3 is 5.97 Å². The fourth-order valence-electron chi connectivity index (χ4n) is 4.33. The van der Waals surface area contributed by atoms with Crippen LogP contribution in [0.5, 0.6) is 5.75 Å². The molecule has 0 heterocycles. The van der Waals surface area contributed by atoms with E-state index in [2.05, 4.69) is 5.32 Å². The number of nitrogens with one attached hydrogen (secondary N) is 1. The number of hydrogen-bond donors (Lipinski definition) is 2. The van der Waals surface area contributed by atoms with Crippen molar-refractivity contribution in [3.63, 3.8) is 0 Å². The zero-order valence-electron chi connectivity index (χ0n) is 15.6. The van der Waals surface area contributed by atoms with E-state index in [1.807, 2.05) is 20.8 Å². The Morgan fingerprint density at radius 2 is 1.92 bits per heavy atom. The summed E-state index contributed by atoms with van der Waals surface area (Å²) in [6.07, 6.45) is 4.56. The van der Waals surface area contributed by atoms with E-state index in [1.54, 1.807) is 12.1 Å². The number of carboxylic acids is 1. The van der Waals surface area contributed by atoms with Crippen LogP contribution in [0.3, 0.4) is 0 Å². The summed E-state index contributed by atoms with van der Waals surface area (Å²) in [5.74, 6) is -0.586. The number of carbonyl (C=O) groups is 2. The zero-order chi connectivity index (χ0) is 18.9. The monoisotopic (exact) mass is 361 g/mol. The van der Waals surface area contributed by atoms with Crippen LogP contribution in [-0.2, 0) is 9.53 Å². The van der Waals surface area contributed by atoms with Crippen molar-refractivity contribution in [2.45, 2.75) is 58.6 Å². The van der Waals surface area contributed by atoms with Gasteiger partial charge in [0.2, 0.25) is 0 Å². The van der Waals surface area contributed by atoms with Crippen LogP contribution in [0.15, 0.2) is 12.1 Å². The third-order valence-corrected chi connectivity index (χ3v) is 5.81. The normalized spacial score (nSPS) is 23.0. The molecule has 2 fully saturated rings. The molecular weight excluding hydrogens is 334 g/mol. The molecule has 1 amide bonds. The minimum absolute atomic E-state index is 0.0905. The minimum Gasteiger partial charge on any atom is -0.481 e. The molecule has 6 heteroatoms. The summed E-state index contributed by atoms with van der Waals surface area (Å²) in [6.45, 7) is 5.98. The molecule has 2 unspecified atom stereocenters. The second-order valence-corrected chi connectivity index (χ2v) is 7.41. The lowest BCUT2D eigenvalue weighted by Crippen LogP contribution is -2.67. The maximum Gasteiger partial charge on any atom is 0.341 e. The first-order valence-corrected chi connectivity index (χ1v) is 9.25. The molecule has 0 saturated heterocycles. The third kappa shape index (κ3) is 3.30. The molecule has 26 heavy (non-hydrogen) atoms. The summed E-state index contributed by atoms with van der Waals surface area (Å²) in [5, 5.41) is 12.0. The molecule has 2 aliphatic carbocycles. The number of aliphatic carboxylic acids is 1. The fraction of sp³-hybridized carbons (Fsp3) is 0.600. The highest BCUT2D eigenvalue weighted by Crippen LogP contribution is 2.57. The number of benzene rings is 1. The topological polar surface area (TPSA) is 84.9 Å². The lowest BCUT2D eigenvalue weighted by molar-refractivity contribution is -0.169. The standard InChI is InChI=1S/C20H27NO5/c1-4-25-16-10-15(20(16)6-5-7-20)21-19(24)14-8-12(2)18(13(3)9-14)26-11-17(22)23/h8-9,15-16H,4-7,10-11H2,1-3H3,(H,21,24)(H,22,23). The number of ether oxygens (including phenoxy) is 2. The molecule has 2 N–H and O–H groups in total. The third-order valence-electron chi connectivity index (χ3n) is 5.81. The van der Waals surface area contributed by atoms with Gasteiger partial charge in [-0.25, -0.2) is 4.79 Å². The highest BCUT2D eigenvalue weighted by molar-refractivity contribution is 5.95. The van der Waals surface area contributed by atoms with Gasteiger partial charge in [0.1, 0.15) is 5.75 Å². The van der Waals surface area contributed by atoms with Crippen molar-refractivity contribution in [2.75, 3.05) is 13.2 Å². The van der Waals surface area contributed by atoms with Crippen LogP contribution in [0.2, 0.25) is 0 Å². The molecule has 1 aromatic rings. The van der Waals surface area contributed by atoms with E-state index in [9.17, 15) is 9.59 Å². The molecule has 0 bridgehead atoms. The second-order valence-electron chi connectivity index (χ2n) is 7.41. The Bertz CT molecular complexity index is 687. The first kappa shape index (κ1) is 18.7. The van der Waals surface area contributed by atoms with Gasteiger partial charge in [-0.05, 0) is 63.3 Å². The van der Waals surface area contributed by atoms with Crippen LogP contribution in [-0.4, -0.2) is 42.3 Å². The average molecular weight is 361 g/mol. The lowest BCUT2D eigenvalue weighted by Gasteiger charge is -2.61. The van der Waals surface area contributed by atoms with E-state index in [-0.39, 0.29) is 23.5 Å². The summed E-state index contributed by atoms with van der Waals surface area (Å²) in [5.41, 5.74) is 2.23. The summed E-state index contributed by atoms with van der Waals surface area (Å²) < 4.78 is 11.2. The smallest absolute Gasteiger partial charge is 0.341 e. The number of hydrogen-bond acceptors (Lipinski definition) is 4. The van der Waals surface area contributed by atoms with Crippen molar-refractivity contribution in [1.82, 2.24) is 5.32 Å². The van der Waals surface area contributed by atoms with Crippen molar-refractivity contribution >= 4 is 11.9 Å². The van der Waals surface area contributed by atoms with Gasteiger partial charge in [-0.2, -0.15) is 0 Å². The molecule has 1 aromatic carbocycles. The van der Waals surface area contributed by atoms with Crippen LogP contribution < -0.4 is 10.1 Å². The van der Waals surface area contributed by atoms with Gasteiger partial charge in [-0.3, -0.25) is 4.79 Å². The van der Waals surface area contributed by atoms with Crippen LogP contribution in [0.1, 0.15) is 54.1 Å². The van der Waals surface area contributed by atoms with E-state index < -0.39 is 12.6 Å². The van der Waals surface area contributed by atoms with Crippen LogP contribution >= 0.6 is 0 Å². The molecule has 142 valence electrons. The van der Waals surface area contributed by atoms with E-state index in [4.69, 9.17) is 14.6 Å². The molecule has 6 nitrogen and oxygen atoms in total. The molecule has 2 saturated carbocycles. The fourth-order valence-corrected chi connectivity index (χ4v) is 4.33. The second kappa shape index (κ2) is 7.27. The van der Waals surface area contributed by atoms with Gasteiger partial charge < -0.3 is 19.9 Å². The summed E-state index contributed by atoms with van der Waals surface area (Å²) in [7, 11) is 0. The first-order chi connectivity index (χ1) is 12.4. The van der Waals surface area contributed by atoms with Crippen molar-refractivity contribution < 1.29 is 24.2 Å². The van der Waals surface area contributed by atoms with Crippen LogP contribution in [0, 0.1) is 19.3 Å². The van der Waals surface area contributed by atoms with Crippen LogP contribution in [0.25, 0.3) is 0 Å². The molecular formula is C20H27NO5. The highest BCUT2D eigenvalue weighted by atomic mass is 16.5. The Balaban J connectivity index is 1.68. The highest BCUT2D eigenvalue weighted by Gasteiger charge is 2.59. The van der Waals surface area contributed by atoms with Gasteiger partial charge in [0.05, 0.1) is 6.10 Å². The minimum atomic E-state index is -1.02. The molecule has 0 aliphatic heterocycles. The van der Waals surface area contributed by atoms with E-state index in [0.717, 1.165) is 30.4 Å². The van der Waals surface area contributed by atoms with Gasteiger partial charge in [-0.15, -0.1) is 0 Å². The van der Waals surface area contributed by atoms with Crippen LogP contribution in [0.4, 0.5) is 0 Å². The predicted molar refractivity (Wildman–Crippen MR) is 96.6 cm³/mol. The predicted octanol–water partition coefficient (Wildman–Crippen LogP) is 2.84. The first-order valence-electron chi connectivity index (χ1n) is 9.25. The SMILES string of the molecule is CCOC1CC(NC(=O)c2cc(C)c(OCC(=O)O)c(C)c2)C12CCC2. The number of rotatable bonds is 7. The molecule has 0 radical (unpaired) electrons. The Kier molecular flexibility index (Phi) is 5.23. The number of aryl methyl sites for hydroxylation is 2. The number of carboxylic acid groups (broad SMARTS) is 1. The molecule has 1 spiro atoms. The van der Waals surface area contributed by atoms with Gasteiger partial charge in [-0.1, -0.05) is 6.42 Å². The maximum atomic E-state index is 12.7. The summed E-state index contributed by atoms with van der Waals surface area (Å²) in [4.78, 5) is 23.4. The molecule has 2 atom stereocenters. The van der Waals surface area contributed by atoms with Crippen molar-refractivity contribution in [3.8, 4) is 5.75 Å². The molecule has 3 rings (SSSR count). The Morgan fingerprint density at radius 3 is 2.42 bits per heavy atom. The Hall–Kier alpha value is -2.08. The lowest BCUT2D eigenvalue weighted by atomic mass is 9.51. The van der Waals surface area contributed by atoms with Gasteiger partial charge in [0.25, 0.3) is 5.91 Å². The number of amides is 1. The van der Waals surface area contributed by atoms with Crippen molar-refractivity contribution in [1.29, 1.82) is 0 Å². The van der Waals surface area contributed by atoms with Crippen molar-refractivity contribution in [2.24, 2.45) is 5.41 Å². The van der Waals surface area contributed by atoms with Crippen molar-refractivity contribution in [3.05, 3.63) is 28.8 Å². The number of carbonyl (C=O) groups excluding carboxylic acids is 1. The molecule has 2 aliphatic rings. The Morgan fingerprint density at radius 1 is 1.27 bits per heavy atom. The quantitative estimate of drug-likeness (QED) is 0.780. The maximum absolute atomic E-state index is 12.7. The zero-order valence-corrected chi connectivity index (χ0v) is 15.6. The average Bonchev–Trinajstić information content (AvgIpc) is 2.50. The van der Waals surface area contributed by atoms with Gasteiger partial charge in [0.15, 0.2) is 6.61 Å². The molecule has 0 aromatic heterocycles. The Labute approximate surface area is 153 Å². The van der Waals surface area contributed by atoms with Gasteiger partial charge in [0, 0.05) is 23.6 Å². The summed E-state index contributed by atoms with van der Waals surface area (Å²) >= 11 is 0. The van der Waals surface area contributed by atoms with E-state index in [0.29, 0.717) is 17.9 Å².